The first-order chi connectivity index (χ1) is 7.65. The van der Waals surface area contributed by atoms with E-state index < -0.39 is 11.0 Å². The van der Waals surface area contributed by atoms with Gasteiger partial charge in [0.1, 0.15) is 0 Å². The zero-order valence-corrected chi connectivity index (χ0v) is 9.05. The summed E-state index contributed by atoms with van der Waals surface area (Å²) >= 11 is 0. The summed E-state index contributed by atoms with van der Waals surface area (Å²) in [5, 5.41) is 13.4. The molecule has 0 saturated carbocycles. The van der Waals surface area contributed by atoms with Crippen molar-refractivity contribution in [3.63, 3.8) is 0 Å². The number of hydrogen-bond donors (Lipinski definition) is 1. The first-order valence-electron chi connectivity index (χ1n) is 5.01. The van der Waals surface area contributed by atoms with Crippen LogP contribution in [0.1, 0.15) is 16.8 Å². The highest BCUT2D eigenvalue weighted by molar-refractivity contribution is 5.96. The number of likely N-dealkylation sites (N-methyl/N-ethyl adjacent to an activating group) is 1. The quantitative estimate of drug-likeness (QED) is 0.445. The average Bonchev–Trinajstić information content (AvgIpc) is 2.29. The highest BCUT2D eigenvalue weighted by Crippen LogP contribution is 2.06. The van der Waals surface area contributed by atoms with E-state index in [0.717, 1.165) is 0 Å². The second-order valence-electron chi connectivity index (χ2n) is 3.49. The summed E-state index contributed by atoms with van der Waals surface area (Å²) in [5.41, 5.74) is 0.519. The van der Waals surface area contributed by atoms with Gasteiger partial charge in [0.15, 0.2) is 5.78 Å². The van der Waals surface area contributed by atoms with Crippen LogP contribution in [0.4, 0.5) is 0 Å². The molecule has 0 saturated heterocycles. The predicted molar refractivity (Wildman–Crippen MR) is 60.1 cm³/mol. The zero-order valence-electron chi connectivity index (χ0n) is 9.05. The van der Waals surface area contributed by atoms with E-state index in [9.17, 15) is 14.9 Å². The second kappa shape index (κ2) is 5.97. The maximum absolute atomic E-state index is 11.7. The van der Waals surface area contributed by atoms with Crippen molar-refractivity contribution in [1.82, 2.24) is 5.32 Å². The molecule has 86 valence electrons. The Morgan fingerprint density at radius 2 is 2.06 bits per heavy atom. The minimum absolute atomic E-state index is 0.0716. The van der Waals surface area contributed by atoms with Gasteiger partial charge in [-0.3, -0.25) is 14.9 Å². The molecule has 0 aromatic heterocycles. The molecule has 0 spiro atoms. The SMILES string of the molecule is CNCC(CC(=O)c1ccccc1)[N+](=O)[O-]. The summed E-state index contributed by atoms with van der Waals surface area (Å²) < 4.78 is 0. The third-order valence-electron chi connectivity index (χ3n) is 2.25. The molecular weight excluding hydrogens is 208 g/mol. The number of nitrogens with one attached hydrogen (secondary N) is 1. The predicted octanol–water partition coefficient (Wildman–Crippen LogP) is 1.12. The van der Waals surface area contributed by atoms with Gasteiger partial charge in [-0.1, -0.05) is 30.3 Å². The summed E-state index contributed by atoms with van der Waals surface area (Å²) in [6.07, 6.45) is -0.0716. The number of hydrogen-bond acceptors (Lipinski definition) is 4. The van der Waals surface area contributed by atoms with Crippen LogP contribution in [0.2, 0.25) is 0 Å². The largest absolute Gasteiger partial charge is 0.314 e. The van der Waals surface area contributed by atoms with Crippen LogP contribution in [-0.4, -0.2) is 30.3 Å². The minimum Gasteiger partial charge on any atom is -0.314 e. The molecule has 5 heteroatoms. The Morgan fingerprint density at radius 3 is 2.56 bits per heavy atom. The van der Waals surface area contributed by atoms with Crippen LogP contribution in [0.3, 0.4) is 0 Å². The number of benzene rings is 1. The average molecular weight is 222 g/mol. The molecule has 0 aliphatic heterocycles. The molecule has 1 atom stereocenters. The third-order valence-corrected chi connectivity index (χ3v) is 2.25. The van der Waals surface area contributed by atoms with Gasteiger partial charge < -0.3 is 5.32 Å². The van der Waals surface area contributed by atoms with E-state index in [4.69, 9.17) is 0 Å². The molecule has 0 bridgehead atoms. The van der Waals surface area contributed by atoms with Crippen LogP contribution in [-0.2, 0) is 0 Å². The Balaban J connectivity index is 2.65. The first-order valence-corrected chi connectivity index (χ1v) is 5.01. The van der Waals surface area contributed by atoms with Gasteiger partial charge in [0.25, 0.3) is 0 Å². The number of nitrogens with zero attached hydrogens (tertiary/aromatic N) is 1. The van der Waals surface area contributed by atoms with Crippen molar-refractivity contribution in [2.45, 2.75) is 12.5 Å². The molecule has 5 nitrogen and oxygen atoms in total. The van der Waals surface area contributed by atoms with Gasteiger partial charge in [0.2, 0.25) is 6.04 Å². The van der Waals surface area contributed by atoms with Gasteiger partial charge in [0.05, 0.1) is 13.0 Å². The molecule has 0 aliphatic carbocycles. The van der Waals surface area contributed by atoms with Crippen LogP contribution in [0, 0.1) is 10.1 Å². The van der Waals surface area contributed by atoms with E-state index >= 15 is 0 Å². The summed E-state index contributed by atoms with van der Waals surface area (Å²) in [7, 11) is 1.63. The van der Waals surface area contributed by atoms with Crippen LogP contribution in [0.15, 0.2) is 30.3 Å². The summed E-state index contributed by atoms with van der Waals surface area (Å²) in [6.45, 7) is 0.200. The monoisotopic (exact) mass is 222 g/mol. The van der Waals surface area contributed by atoms with E-state index in [2.05, 4.69) is 5.32 Å². The van der Waals surface area contributed by atoms with Gasteiger partial charge in [-0.15, -0.1) is 0 Å². The molecule has 0 aliphatic rings. The summed E-state index contributed by atoms with van der Waals surface area (Å²) in [6, 6.07) is 7.75. The fourth-order valence-electron chi connectivity index (χ4n) is 1.41. The lowest BCUT2D eigenvalue weighted by atomic mass is 10.0. The second-order valence-corrected chi connectivity index (χ2v) is 3.49. The van der Waals surface area contributed by atoms with Crippen molar-refractivity contribution in [2.75, 3.05) is 13.6 Å². The zero-order chi connectivity index (χ0) is 12.0. The van der Waals surface area contributed by atoms with Crippen LogP contribution >= 0.6 is 0 Å². The van der Waals surface area contributed by atoms with Crippen molar-refractivity contribution in [2.24, 2.45) is 0 Å². The van der Waals surface area contributed by atoms with E-state index in [1.54, 1.807) is 37.4 Å². The standard InChI is InChI=1S/C11H14N2O3/c1-12-8-10(13(15)16)7-11(14)9-5-3-2-4-6-9/h2-6,10,12H,7-8H2,1H3. The highest BCUT2D eigenvalue weighted by Gasteiger charge is 2.23. The third kappa shape index (κ3) is 3.43. The molecule has 1 aromatic rings. The fraction of sp³-hybridized carbons (Fsp3) is 0.364. The van der Waals surface area contributed by atoms with Crippen molar-refractivity contribution in [3.05, 3.63) is 46.0 Å². The Morgan fingerprint density at radius 1 is 1.44 bits per heavy atom. The molecule has 0 fully saturated rings. The van der Waals surface area contributed by atoms with Gasteiger partial charge in [0, 0.05) is 10.5 Å². The smallest absolute Gasteiger partial charge is 0.232 e. The lowest BCUT2D eigenvalue weighted by molar-refractivity contribution is -0.518. The molecule has 1 rings (SSSR count). The Bertz CT molecular complexity index is 365. The molecule has 0 heterocycles. The van der Waals surface area contributed by atoms with Gasteiger partial charge in [-0.05, 0) is 7.05 Å². The molecule has 0 amide bonds. The number of carbonyl (C=O) groups is 1. The molecule has 1 unspecified atom stereocenters. The molecular formula is C11H14N2O3. The lowest BCUT2D eigenvalue weighted by Crippen LogP contribution is -2.33. The number of Topliss-reactive ketones (excluding diaryl/α,β-unsaturated/α-hetero) is 1. The molecule has 0 radical (unpaired) electrons. The van der Waals surface area contributed by atoms with Crippen molar-refractivity contribution >= 4 is 5.78 Å². The molecule has 1 N–H and O–H groups in total. The lowest BCUT2D eigenvalue weighted by Gasteiger charge is -2.07. The first kappa shape index (κ1) is 12.3. The van der Waals surface area contributed by atoms with E-state index in [-0.39, 0.29) is 18.7 Å². The minimum atomic E-state index is -0.863. The van der Waals surface area contributed by atoms with E-state index in [0.29, 0.717) is 5.56 Å². The summed E-state index contributed by atoms with van der Waals surface area (Å²) in [4.78, 5) is 22.0. The van der Waals surface area contributed by atoms with Gasteiger partial charge in [-0.2, -0.15) is 0 Å². The summed E-state index contributed by atoms with van der Waals surface area (Å²) in [5.74, 6) is -0.197. The van der Waals surface area contributed by atoms with Crippen LogP contribution in [0.25, 0.3) is 0 Å². The normalized spacial score (nSPS) is 12.1. The van der Waals surface area contributed by atoms with Crippen molar-refractivity contribution in [1.29, 1.82) is 0 Å². The maximum Gasteiger partial charge on any atom is 0.232 e. The Labute approximate surface area is 93.6 Å². The Kier molecular flexibility index (Phi) is 4.60. The Hall–Kier alpha value is -1.75. The number of ketones is 1. The maximum atomic E-state index is 11.7. The fourth-order valence-corrected chi connectivity index (χ4v) is 1.41. The molecule has 16 heavy (non-hydrogen) atoms. The number of rotatable bonds is 6. The van der Waals surface area contributed by atoms with Crippen LogP contribution < -0.4 is 5.32 Å². The number of carbonyl (C=O) groups excluding carboxylic acids is 1. The van der Waals surface area contributed by atoms with Crippen molar-refractivity contribution in [3.8, 4) is 0 Å². The van der Waals surface area contributed by atoms with E-state index in [1.165, 1.54) is 0 Å². The van der Waals surface area contributed by atoms with Crippen LogP contribution in [0.5, 0.6) is 0 Å². The van der Waals surface area contributed by atoms with Crippen molar-refractivity contribution < 1.29 is 9.72 Å². The number of nitro groups is 1. The topological polar surface area (TPSA) is 72.2 Å². The highest BCUT2D eigenvalue weighted by atomic mass is 16.6. The van der Waals surface area contributed by atoms with Gasteiger partial charge >= 0.3 is 0 Å². The van der Waals surface area contributed by atoms with Gasteiger partial charge in [-0.25, -0.2) is 0 Å². The molecule has 1 aromatic carbocycles. The van der Waals surface area contributed by atoms with E-state index in [1.807, 2.05) is 0 Å².